The molecule has 2 N–H and O–H groups in total. The largest absolute Gasteiger partial charge is 0.462 e. The van der Waals surface area contributed by atoms with Crippen LogP contribution in [0.25, 0.3) is 27.4 Å². The Bertz CT molecular complexity index is 2220. The van der Waals surface area contributed by atoms with Crippen molar-refractivity contribution >= 4 is 44.4 Å². The predicted octanol–water partition coefficient (Wildman–Crippen LogP) is 10.3. The number of nitrogens with zero attached hydrogens (tertiary/aromatic N) is 1. The first-order chi connectivity index (χ1) is 22.5. The molecule has 0 fully saturated rings. The Morgan fingerprint density at radius 2 is 1.74 bits per heavy atom. The highest BCUT2D eigenvalue weighted by atomic mass is 16.5. The highest BCUT2D eigenvalue weighted by Crippen LogP contribution is 2.47. The first-order valence-corrected chi connectivity index (χ1v) is 16.2. The maximum Gasteiger partial charge on any atom is 0.196 e. The zero-order chi connectivity index (χ0) is 30.8. The highest BCUT2D eigenvalue weighted by Gasteiger charge is 2.35. The molecule has 2 unspecified atom stereocenters. The Labute approximate surface area is 269 Å². The van der Waals surface area contributed by atoms with Gasteiger partial charge in [0.2, 0.25) is 0 Å². The van der Waals surface area contributed by atoms with Crippen molar-refractivity contribution in [2.75, 3.05) is 10.2 Å². The maximum atomic E-state index is 6.54. The molecule has 4 aromatic carbocycles. The van der Waals surface area contributed by atoms with Crippen molar-refractivity contribution < 1.29 is 4.74 Å². The number of ether oxygens (including phenoxy) is 1. The normalized spacial score (nSPS) is 20.9. The summed E-state index contributed by atoms with van der Waals surface area (Å²) in [6.45, 7) is 4.70. The van der Waals surface area contributed by atoms with Crippen LogP contribution in [0.1, 0.15) is 31.4 Å². The lowest BCUT2D eigenvalue weighted by atomic mass is 9.76. The van der Waals surface area contributed by atoms with E-state index in [1.54, 1.807) is 0 Å². The van der Waals surface area contributed by atoms with E-state index >= 15 is 0 Å². The van der Waals surface area contributed by atoms with Crippen molar-refractivity contribution in [3.05, 3.63) is 162 Å². The Hall–Kier alpha value is -5.48. The lowest BCUT2D eigenvalue weighted by Crippen LogP contribution is -2.28. The Balaban J connectivity index is 1.12. The second kappa shape index (κ2) is 10.3. The zero-order valence-corrected chi connectivity index (χ0v) is 26.0. The topological polar surface area (TPSA) is 40.3 Å². The predicted molar refractivity (Wildman–Crippen MR) is 192 cm³/mol. The molecule has 0 radical (unpaired) electrons. The van der Waals surface area contributed by atoms with E-state index in [0.29, 0.717) is 0 Å². The summed E-state index contributed by atoms with van der Waals surface area (Å²) in [5.74, 6) is 0.886. The van der Waals surface area contributed by atoms with E-state index in [1.165, 1.54) is 44.4 Å². The van der Waals surface area contributed by atoms with Crippen molar-refractivity contribution in [1.29, 1.82) is 0 Å². The molecule has 4 aliphatic rings. The van der Waals surface area contributed by atoms with Gasteiger partial charge >= 0.3 is 0 Å². The molecule has 9 rings (SSSR count). The number of anilines is 3. The lowest BCUT2D eigenvalue weighted by Gasteiger charge is -2.33. The minimum Gasteiger partial charge on any atom is -0.462 e. The van der Waals surface area contributed by atoms with Gasteiger partial charge in [0.25, 0.3) is 0 Å². The molecule has 46 heavy (non-hydrogen) atoms. The molecule has 2 atom stereocenters. The number of benzene rings is 4. The number of aromatic amines is 1. The van der Waals surface area contributed by atoms with Crippen LogP contribution in [-0.2, 0) is 5.41 Å². The van der Waals surface area contributed by atoms with Crippen LogP contribution in [0.3, 0.4) is 0 Å². The number of hydrogen-bond donors (Lipinski definition) is 2. The summed E-state index contributed by atoms with van der Waals surface area (Å²) in [5, 5.41) is 5.94. The molecule has 2 aliphatic heterocycles. The average molecular weight is 598 g/mol. The van der Waals surface area contributed by atoms with Gasteiger partial charge in [-0.15, -0.1) is 0 Å². The van der Waals surface area contributed by atoms with Gasteiger partial charge in [0.05, 0.1) is 17.2 Å². The molecule has 2 bridgehead atoms. The maximum absolute atomic E-state index is 6.54. The fraction of sp³-hybridized carbons (Fsp3) is 0.143. The number of rotatable bonds is 3. The van der Waals surface area contributed by atoms with Gasteiger partial charge in [-0.1, -0.05) is 111 Å². The van der Waals surface area contributed by atoms with Crippen molar-refractivity contribution in [3.63, 3.8) is 0 Å². The Morgan fingerprint density at radius 1 is 0.870 bits per heavy atom. The standard InChI is InChI=1S/C42H35N3O/c1-42(2)30-24-28(18-20-32(26-30)45(31-14-8-5-9-15-31)38-17-11-10-16-35(38)42)29-19-22-36-34(25-29)33-21-23-37-40(39(33)43-36)46-41(44-37)27-12-6-3-4-7-13-27/h3-6,8-26,32,41,43-44H,7H2,1-2H3. The van der Waals surface area contributed by atoms with Crippen molar-refractivity contribution in [2.45, 2.75) is 38.0 Å². The van der Waals surface area contributed by atoms with Crippen LogP contribution in [0, 0.1) is 0 Å². The molecule has 0 spiro atoms. The van der Waals surface area contributed by atoms with Gasteiger partial charge in [-0.3, -0.25) is 0 Å². The number of aromatic nitrogens is 1. The van der Waals surface area contributed by atoms with E-state index in [0.717, 1.165) is 34.5 Å². The van der Waals surface area contributed by atoms with E-state index < -0.39 is 0 Å². The van der Waals surface area contributed by atoms with Crippen LogP contribution in [0.4, 0.5) is 17.1 Å². The molecule has 0 saturated heterocycles. The number of allylic oxidation sites excluding steroid dienone is 8. The Kier molecular flexibility index (Phi) is 6.01. The minimum atomic E-state index is -0.194. The van der Waals surface area contributed by atoms with Crippen LogP contribution in [-0.4, -0.2) is 17.3 Å². The van der Waals surface area contributed by atoms with E-state index in [9.17, 15) is 0 Å². The third-order valence-corrected chi connectivity index (χ3v) is 9.94. The number of fused-ring (bicyclic) bond motifs is 7. The molecular formula is C42H35N3O. The van der Waals surface area contributed by atoms with E-state index in [-0.39, 0.29) is 17.7 Å². The molecule has 3 heterocycles. The summed E-state index contributed by atoms with van der Waals surface area (Å²) >= 11 is 0. The summed E-state index contributed by atoms with van der Waals surface area (Å²) in [4.78, 5) is 6.15. The number of nitrogens with one attached hydrogen (secondary N) is 2. The number of para-hydroxylation sites is 2. The van der Waals surface area contributed by atoms with Crippen LogP contribution < -0.4 is 15.0 Å². The van der Waals surface area contributed by atoms with Crippen molar-refractivity contribution in [1.82, 2.24) is 4.98 Å². The van der Waals surface area contributed by atoms with Crippen LogP contribution in [0.2, 0.25) is 0 Å². The molecule has 224 valence electrons. The third kappa shape index (κ3) is 4.21. The molecule has 4 nitrogen and oxygen atoms in total. The summed E-state index contributed by atoms with van der Waals surface area (Å²) in [6.07, 6.45) is 20.9. The Morgan fingerprint density at radius 3 is 2.65 bits per heavy atom. The van der Waals surface area contributed by atoms with E-state index in [2.05, 4.69) is 169 Å². The second-order valence-electron chi connectivity index (χ2n) is 13.0. The van der Waals surface area contributed by atoms with Crippen LogP contribution in [0.5, 0.6) is 5.75 Å². The number of H-pyrrole nitrogens is 1. The quantitative estimate of drug-likeness (QED) is 0.217. The van der Waals surface area contributed by atoms with Gasteiger partial charge in [0.15, 0.2) is 12.0 Å². The van der Waals surface area contributed by atoms with E-state index in [4.69, 9.17) is 4.74 Å². The summed E-state index contributed by atoms with van der Waals surface area (Å²) in [7, 11) is 0. The molecule has 0 amide bonds. The first kappa shape index (κ1) is 26.9. The molecule has 2 aliphatic carbocycles. The first-order valence-electron chi connectivity index (χ1n) is 16.2. The van der Waals surface area contributed by atoms with Crippen molar-refractivity contribution in [2.24, 2.45) is 0 Å². The van der Waals surface area contributed by atoms with Gasteiger partial charge in [-0.2, -0.15) is 0 Å². The summed E-state index contributed by atoms with van der Waals surface area (Å²) < 4.78 is 6.54. The average Bonchev–Trinajstić information content (AvgIpc) is 3.42. The van der Waals surface area contributed by atoms with Gasteiger partial charge in [0.1, 0.15) is 0 Å². The van der Waals surface area contributed by atoms with Gasteiger partial charge in [-0.05, 0) is 71.2 Å². The summed E-state index contributed by atoms with van der Waals surface area (Å²) in [5.41, 5.74) is 11.6. The fourth-order valence-electron chi connectivity index (χ4n) is 7.45. The fourth-order valence-corrected chi connectivity index (χ4v) is 7.45. The summed E-state index contributed by atoms with van der Waals surface area (Å²) in [6, 6.07) is 30.8. The van der Waals surface area contributed by atoms with Gasteiger partial charge in [-0.25, -0.2) is 0 Å². The lowest BCUT2D eigenvalue weighted by molar-refractivity contribution is 0.296. The SMILES string of the molecule is CC1(C)C2=CC(C=CC(c3ccc4[nH]c5c6c(ccc5c4c3)NC(C3=CCC=CC=C3)O6)=C2)N(c2ccccc2)c2ccccc21. The second-order valence-corrected chi connectivity index (χ2v) is 13.0. The third-order valence-electron chi connectivity index (χ3n) is 9.94. The smallest absolute Gasteiger partial charge is 0.196 e. The molecule has 0 saturated carbocycles. The van der Waals surface area contributed by atoms with E-state index in [1.807, 2.05) is 0 Å². The molecule has 4 heteroatoms. The van der Waals surface area contributed by atoms with Crippen LogP contribution >= 0.6 is 0 Å². The monoisotopic (exact) mass is 597 g/mol. The minimum absolute atomic E-state index is 0.0836. The van der Waals surface area contributed by atoms with Gasteiger partial charge in [0, 0.05) is 38.7 Å². The highest BCUT2D eigenvalue weighted by molar-refractivity contribution is 6.12. The van der Waals surface area contributed by atoms with Crippen molar-refractivity contribution in [3.8, 4) is 5.75 Å². The van der Waals surface area contributed by atoms with Crippen LogP contribution in [0.15, 0.2) is 151 Å². The molecule has 1 aromatic heterocycles. The molecular weight excluding hydrogens is 562 g/mol. The number of hydrogen-bond acceptors (Lipinski definition) is 3. The van der Waals surface area contributed by atoms with Gasteiger partial charge < -0.3 is 19.9 Å². The zero-order valence-electron chi connectivity index (χ0n) is 26.0. The molecule has 5 aromatic rings.